The molecule has 0 unspecified atom stereocenters. The number of hydrogen-bond donors (Lipinski definition) is 1. The zero-order chi connectivity index (χ0) is 15.1. The lowest BCUT2D eigenvalue weighted by atomic mass is 10.1. The Balaban J connectivity index is 2.12. The Bertz CT molecular complexity index is 600. The third-order valence-corrected chi connectivity index (χ3v) is 2.88. The van der Waals surface area contributed by atoms with Crippen molar-refractivity contribution in [2.75, 3.05) is 13.2 Å². The Morgan fingerprint density at radius 2 is 1.43 bits per heavy atom. The van der Waals surface area contributed by atoms with Gasteiger partial charge in [-0.2, -0.15) is 0 Å². The first-order valence-corrected chi connectivity index (χ1v) is 7.09. The fourth-order valence-electron chi connectivity index (χ4n) is 1.99. The summed E-state index contributed by atoms with van der Waals surface area (Å²) in [5, 5.41) is 9.68. The van der Waals surface area contributed by atoms with E-state index in [1.165, 1.54) is 0 Å². The van der Waals surface area contributed by atoms with Gasteiger partial charge < -0.3 is 14.6 Å². The Morgan fingerprint density at radius 1 is 0.810 bits per heavy atom. The molecule has 2 aromatic rings. The van der Waals surface area contributed by atoms with Gasteiger partial charge in [-0.1, -0.05) is 24.3 Å². The van der Waals surface area contributed by atoms with Crippen molar-refractivity contribution in [3.63, 3.8) is 0 Å². The summed E-state index contributed by atoms with van der Waals surface area (Å²) in [7, 11) is 0. The Hall–Kier alpha value is -2.42. The fourth-order valence-corrected chi connectivity index (χ4v) is 1.99. The number of rotatable bonds is 6. The van der Waals surface area contributed by atoms with Crippen molar-refractivity contribution in [2.24, 2.45) is 0 Å². The van der Waals surface area contributed by atoms with E-state index in [4.69, 9.17) is 9.47 Å². The van der Waals surface area contributed by atoms with Crippen molar-refractivity contribution in [1.29, 1.82) is 0 Å². The van der Waals surface area contributed by atoms with Gasteiger partial charge in [0.2, 0.25) is 0 Å². The number of phenols is 1. The van der Waals surface area contributed by atoms with Crippen LogP contribution >= 0.6 is 0 Å². The summed E-state index contributed by atoms with van der Waals surface area (Å²) in [5.74, 6) is 1.74. The molecular formula is C18H20O3. The van der Waals surface area contributed by atoms with Gasteiger partial charge >= 0.3 is 0 Å². The molecule has 0 saturated heterocycles. The minimum absolute atomic E-state index is 0.201. The molecule has 3 nitrogen and oxygen atoms in total. The molecule has 0 heterocycles. The Labute approximate surface area is 125 Å². The summed E-state index contributed by atoms with van der Waals surface area (Å²) in [6, 6.07) is 13.1. The number of aromatic hydroxyl groups is 1. The van der Waals surface area contributed by atoms with Gasteiger partial charge in [-0.05, 0) is 49.2 Å². The van der Waals surface area contributed by atoms with Crippen LogP contribution in [0, 0.1) is 0 Å². The zero-order valence-corrected chi connectivity index (χ0v) is 12.4. The van der Waals surface area contributed by atoms with Crippen LogP contribution in [-0.4, -0.2) is 18.3 Å². The van der Waals surface area contributed by atoms with Gasteiger partial charge in [-0.15, -0.1) is 0 Å². The largest absolute Gasteiger partial charge is 0.508 e. The minimum Gasteiger partial charge on any atom is -0.508 e. The summed E-state index contributed by atoms with van der Waals surface area (Å²) in [6.45, 7) is 5.12. The molecule has 1 N–H and O–H groups in total. The van der Waals surface area contributed by atoms with Gasteiger partial charge in [0.05, 0.1) is 13.2 Å². The van der Waals surface area contributed by atoms with Crippen LogP contribution in [-0.2, 0) is 0 Å². The van der Waals surface area contributed by atoms with Crippen molar-refractivity contribution in [2.45, 2.75) is 13.8 Å². The average molecular weight is 284 g/mol. The molecule has 0 aliphatic rings. The number of benzene rings is 2. The van der Waals surface area contributed by atoms with Gasteiger partial charge in [0.1, 0.15) is 17.2 Å². The van der Waals surface area contributed by atoms with E-state index in [0.717, 1.165) is 16.9 Å². The molecule has 0 bridgehead atoms. The minimum atomic E-state index is 0.201. The summed E-state index contributed by atoms with van der Waals surface area (Å²) in [5.41, 5.74) is 1.96. The highest BCUT2D eigenvalue weighted by molar-refractivity contribution is 5.71. The second-order valence-corrected chi connectivity index (χ2v) is 4.53. The van der Waals surface area contributed by atoms with Crippen LogP contribution < -0.4 is 9.47 Å². The second-order valence-electron chi connectivity index (χ2n) is 4.53. The van der Waals surface area contributed by atoms with E-state index in [-0.39, 0.29) is 5.75 Å². The van der Waals surface area contributed by atoms with E-state index < -0.39 is 0 Å². The van der Waals surface area contributed by atoms with E-state index in [9.17, 15) is 5.11 Å². The lowest BCUT2D eigenvalue weighted by molar-refractivity contribution is 0.337. The quantitative estimate of drug-likeness (QED) is 0.801. The van der Waals surface area contributed by atoms with Crippen molar-refractivity contribution in [1.82, 2.24) is 0 Å². The van der Waals surface area contributed by atoms with Crippen LogP contribution in [0.25, 0.3) is 12.2 Å². The normalized spacial score (nSPS) is 10.8. The van der Waals surface area contributed by atoms with Crippen LogP contribution in [0.2, 0.25) is 0 Å². The first-order valence-electron chi connectivity index (χ1n) is 7.09. The molecule has 2 rings (SSSR count). The summed E-state index contributed by atoms with van der Waals surface area (Å²) in [6.07, 6.45) is 3.93. The van der Waals surface area contributed by atoms with E-state index in [2.05, 4.69) is 0 Å². The predicted molar refractivity (Wildman–Crippen MR) is 85.8 cm³/mol. The average Bonchev–Trinajstić information content (AvgIpc) is 2.47. The van der Waals surface area contributed by atoms with Crippen molar-refractivity contribution < 1.29 is 14.6 Å². The van der Waals surface area contributed by atoms with Crippen LogP contribution in [0.15, 0.2) is 42.5 Å². The molecule has 110 valence electrons. The summed E-state index contributed by atoms with van der Waals surface area (Å²) in [4.78, 5) is 0. The standard InChI is InChI=1S/C18H20O3/c1-3-20-17-9-7-14(8-10-17)5-6-15-11-16(19)13-18(12-15)21-4-2/h5-13,19H,3-4H2,1-2H3. The molecule has 0 aliphatic carbocycles. The first kappa shape index (κ1) is 15.0. The number of ether oxygens (including phenoxy) is 2. The molecule has 0 saturated carbocycles. The highest BCUT2D eigenvalue weighted by atomic mass is 16.5. The van der Waals surface area contributed by atoms with Gasteiger partial charge in [-0.3, -0.25) is 0 Å². The molecule has 0 amide bonds. The maximum atomic E-state index is 9.68. The highest BCUT2D eigenvalue weighted by Crippen LogP contribution is 2.23. The van der Waals surface area contributed by atoms with E-state index in [1.807, 2.05) is 56.3 Å². The third-order valence-electron chi connectivity index (χ3n) is 2.88. The predicted octanol–water partition coefficient (Wildman–Crippen LogP) is 4.36. The molecule has 0 radical (unpaired) electrons. The van der Waals surface area contributed by atoms with E-state index >= 15 is 0 Å². The number of hydrogen-bond acceptors (Lipinski definition) is 3. The van der Waals surface area contributed by atoms with Crippen LogP contribution in [0.1, 0.15) is 25.0 Å². The summed E-state index contributed by atoms with van der Waals surface area (Å²) < 4.78 is 10.8. The van der Waals surface area contributed by atoms with Crippen LogP contribution in [0.5, 0.6) is 17.2 Å². The molecule has 2 aromatic carbocycles. The molecular weight excluding hydrogens is 264 g/mol. The lowest BCUT2D eigenvalue weighted by Crippen LogP contribution is -1.91. The molecule has 0 spiro atoms. The van der Waals surface area contributed by atoms with E-state index in [1.54, 1.807) is 12.1 Å². The van der Waals surface area contributed by atoms with Gasteiger partial charge in [0.15, 0.2) is 0 Å². The topological polar surface area (TPSA) is 38.7 Å². The molecule has 3 heteroatoms. The zero-order valence-electron chi connectivity index (χ0n) is 12.4. The molecule has 21 heavy (non-hydrogen) atoms. The van der Waals surface area contributed by atoms with Gasteiger partial charge in [0, 0.05) is 6.07 Å². The van der Waals surface area contributed by atoms with Gasteiger partial charge in [-0.25, -0.2) is 0 Å². The molecule has 0 aliphatic heterocycles. The van der Waals surface area contributed by atoms with Gasteiger partial charge in [0.25, 0.3) is 0 Å². The van der Waals surface area contributed by atoms with E-state index in [0.29, 0.717) is 19.0 Å². The second kappa shape index (κ2) is 7.39. The van der Waals surface area contributed by atoms with Crippen molar-refractivity contribution in [3.05, 3.63) is 53.6 Å². The smallest absolute Gasteiger partial charge is 0.123 e. The third kappa shape index (κ3) is 4.56. The van der Waals surface area contributed by atoms with Crippen LogP contribution in [0.4, 0.5) is 0 Å². The molecule has 0 aromatic heterocycles. The number of phenolic OH excluding ortho intramolecular Hbond substituents is 1. The summed E-state index contributed by atoms with van der Waals surface area (Å²) >= 11 is 0. The van der Waals surface area contributed by atoms with Crippen molar-refractivity contribution >= 4 is 12.2 Å². The lowest BCUT2D eigenvalue weighted by Gasteiger charge is -2.05. The maximum Gasteiger partial charge on any atom is 0.123 e. The van der Waals surface area contributed by atoms with Crippen LogP contribution in [0.3, 0.4) is 0 Å². The SMILES string of the molecule is CCOc1ccc(C=Cc2cc(O)cc(OCC)c2)cc1. The monoisotopic (exact) mass is 284 g/mol. The molecule has 0 atom stereocenters. The highest BCUT2D eigenvalue weighted by Gasteiger charge is 1.99. The maximum absolute atomic E-state index is 9.68. The molecule has 0 fully saturated rings. The fraction of sp³-hybridized carbons (Fsp3) is 0.222. The Kier molecular flexibility index (Phi) is 5.27. The Morgan fingerprint density at radius 3 is 2.10 bits per heavy atom. The first-order chi connectivity index (χ1) is 10.2. The van der Waals surface area contributed by atoms with Crippen molar-refractivity contribution in [3.8, 4) is 17.2 Å².